The van der Waals surface area contributed by atoms with Crippen molar-refractivity contribution in [1.82, 2.24) is 5.32 Å². The number of benzene rings is 2. The van der Waals surface area contributed by atoms with Crippen LogP contribution in [-0.4, -0.2) is 19.8 Å². The minimum absolute atomic E-state index is 0.143. The zero-order chi connectivity index (χ0) is 16.9. The van der Waals surface area contributed by atoms with Gasteiger partial charge < -0.3 is 9.47 Å². The summed E-state index contributed by atoms with van der Waals surface area (Å²) in [5.74, 6) is 7.70. The normalized spacial score (nSPS) is 13.8. The molecule has 0 fully saturated rings. The molecule has 24 heavy (non-hydrogen) atoms. The average molecular weight is 362 g/mol. The lowest BCUT2D eigenvalue weighted by Gasteiger charge is -2.20. The fraction of sp³-hybridized carbons (Fsp3) is 0.263. The summed E-state index contributed by atoms with van der Waals surface area (Å²) < 4.78 is 11.1. The highest BCUT2D eigenvalue weighted by atomic mass is 35.5. The highest BCUT2D eigenvalue weighted by Gasteiger charge is 2.13. The van der Waals surface area contributed by atoms with Crippen LogP contribution in [0.3, 0.4) is 0 Å². The van der Waals surface area contributed by atoms with E-state index in [9.17, 15) is 0 Å². The predicted molar refractivity (Wildman–Crippen MR) is 97.2 cm³/mol. The van der Waals surface area contributed by atoms with E-state index in [0.29, 0.717) is 29.8 Å². The summed E-state index contributed by atoms with van der Waals surface area (Å²) in [6, 6.07) is 11.6. The van der Waals surface area contributed by atoms with Crippen LogP contribution in [0.15, 0.2) is 36.4 Å². The lowest BCUT2D eigenvalue weighted by atomic mass is 10.1. The molecule has 2 aromatic rings. The van der Waals surface area contributed by atoms with E-state index in [-0.39, 0.29) is 6.04 Å². The molecule has 1 atom stereocenters. The van der Waals surface area contributed by atoms with Gasteiger partial charge in [-0.15, -0.1) is 0 Å². The van der Waals surface area contributed by atoms with E-state index in [4.69, 9.17) is 32.7 Å². The first kappa shape index (κ1) is 17.0. The molecular formula is C19H17Cl2NO2. The number of rotatable bonds is 3. The van der Waals surface area contributed by atoms with Gasteiger partial charge in [0.25, 0.3) is 0 Å². The fourth-order valence-corrected chi connectivity index (χ4v) is 2.74. The van der Waals surface area contributed by atoms with E-state index < -0.39 is 0 Å². The first-order chi connectivity index (χ1) is 11.6. The number of hydrogen-bond acceptors (Lipinski definition) is 3. The number of nitrogens with one attached hydrogen (secondary N) is 1. The predicted octanol–water partition coefficient (Wildman–Crippen LogP) is 4.47. The molecule has 0 spiro atoms. The molecule has 0 aliphatic carbocycles. The van der Waals surface area contributed by atoms with E-state index in [2.05, 4.69) is 24.1 Å². The van der Waals surface area contributed by atoms with Crippen molar-refractivity contribution in [1.29, 1.82) is 0 Å². The van der Waals surface area contributed by atoms with Gasteiger partial charge in [-0.05, 0) is 36.8 Å². The topological polar surface area (TPSA) is 30.5 Å². The van der Waals surface area contributed by atoms with Gasteiger partial charge in [0.15, 0.2) is 11.5 Å². The average Bonchev–Trinajstić information content (AvgIpc) is 2.61. The van der Waals surface area contributed by atoms with Crippen LogP contribution in [0.25, 0.3) is 0 Å². The Kier molecular flexibility index (Phi) is 5.52. The SMILES string of the molecule is CC(NCC#Cc1cccc(Cl)c1Cl)c1ccc2c(c1)OCCO2. The van der Waals surface area contributed by atoms with Crippen molar-refractivity contribution >= 4 is 23.2 Å². The van der Waals surface area contributed by atoms with Gasteiger partial charge in [0, 0.05) is 11.6 Å². The molecule has 3 rings (SSSR count). The first-order valence-corrected chi connectivity index (χ1v) is 8.46. The maximum Gasteiger partial charge on any atom is 0.161 e. The summed E-state index contributed by atoms with van der Waals surface area (Å²) >= 11 is 12.1. The maximum absolute atomic E-state index is 6.12. The van der Waals surface area contributed by atoms with Crippen molar-refractivity contribution in [2.24, 2.45) is 0 Å². The molecule has 2 aromatic carbocycles. The largest absolute Gasteiger partial charge is 0.486 e. The molecule has 1 aliphatic heterocycles. The third kappa shape index (κ3) is 3.96. The van der Waals surface area contributed by atoms with Crippen LogP contribution < -0.4 is 14.8 Å². The molecule has 1 N–H and O–H groups in total. The Morgan fingerprint density at radius 3 is 2.75 bits per heavy atom. The van der Waals surface area contributed by atoms with Crippen LogP contribution in [0, 0.1) is 11.8 Å². The van der Waals surface area contributed by atoms with Gasteiger partial charge in [0.2, 0.25) is 0 Å². The third-order valence-electron chi connectivity index (χ3n) is 3.74. The molecule has 0 amide bonds. The van der Waals surface area contributed by atoms with Gasteiger partial charge in [-0.2, -0.15) is 0 Å². The van der Waals surface area contributed by atoms with Gasteiger partial charge in [-0.25, -0.2) is 0 Å². The Morgan fingerprint density at radius 1 is 1.12 bits per heavy atom. The molecule has 1 unspecified atom stereocenters. The van der Waals surface area contributed by atoms with Gasteiger partial charge in [-0.1, -0.05) is 47.2 Å². The Bertz CT molecular complexity index is 796. The fourth-order valence-electron chi connectivity index (χ4n) is 2.39. The van der Waals surface area contributed by atoms with E-state index in [1.54, 1.807) is 6.07 Å². The number of halogens is 2. The van der Waals surface area contributed by atoms with Crippen LogP contribution >= 0.6 is 23.2 Å². The molecule has 0 radical (unpaired) electrons. The van der Waals surface area contributed by atoms with E-state index in [0.717, 1.165) is 22.6 Å². The third-order valence-corrected chi connectivity index (χ3v) is 4.56. The van der Waals surface area contributed by atoms with Crippen LogP contribution in [-0.2, 0) is 0 Å². The second-order valence-corrected chi connectivity index (χ2v) is 6.19. The number of fused-ring (bicyclic) bond motifs is 1. The van der Waals surface area contributed by atoms with Gasteiger partial charge in [0.1, 0.15) is 13.2 Å². The molecule has 0 saturated carbocycles. The lowest BCUT2D eigenvalue weighted by molar-refractivity contribution is 0.171. The van der Waals surface area contributed by atoms with E-state index >= 15 is 0 Å². The Morgan fingerprint density at radius 2 is 1.92 bits per heavy atom. The first-order valence-electron chi connectivity index (χ1n) is 7.71. The van der Waals surface area contributed by atoms with Crippen molar-refractivity contribution in [3.63, 3.8) is 0 Å². The summed E-state index contributed by atoms with van der Waals surface area (Å²) in [6.07, 6.45) is 0. The highest BCUT2D eigenvalue weighted by Crippen LogP contribution is 2.32. The van der Waals surface area contributed by atoms with Crippen molar-refractivity contribution < 1.29 is 9.47 Å². The standard InChI is InChI=1S/C19H17Cl2NO2/c1-13(15-7-8-17-18(12-15)24-11-10-23-17)22-9-3-5-14-4-2-6-16(20)19(14)21/h2,4,6-8,12-13,22H,9-11H2,1H3. The zero-order valence-corrected chi connectivity index (χ0v) is 14.7. The molecular weight excluding hydrogens is 345 g/mol. The monoisotopic (exact) mass is 361 g/mol. The molecule has 124 valence electrons. The molecule has 0 aromatic heterocycles. The second-order valence-electron chi connectivity index (χ2n) is 5.41. The van der Waals surface area contributed by atoms with Gasteiger partial charge in [-0.3, -0.25) is 5.32 Å². The number of ether oxygens (including phenoxy) is 2. The molecule has 5 heteroatoms. The molecule has 0 bridgehead atoms. The molecule has 1 heterocycles. The van der Waals surface area contributed by atoms with Crippen molar-refractivity contribution in [3.8, 4) is 23.3 Å². The van der Waals surface area contributed by atoms with Crippen LogP contribution in [0.4, 0.5) is 0 Å². The summed E-state index contributed by atoms with van der Waals surface area (Å²) in [5.41, 5.74) is 1.86. The summed E-state index contributed by atoms with van der Waals surface area (Å²) in [6.45, 7) is 3.81. The van der Waals surface area contributed by atoms with E-state index in [1.165, 1.54) is 0 Å². The quantitative estimate of drug-likeness (QED) is 0.818. The summed E-state index contributed by atoms with van der Waals surface area (Å²) in [4.78, 5) is 0. The van der Waals surface area contributed by atoms with Crippen LogP contribution in [0.2, 0.25) is 10.0 Å². The summed E-state index contributed by atoms with van der Waals surface area (Å²) in [5, 5.41) is 4.37. The smallest absolute Gasteiger partial charge is 0.161 e. The van der Waals surface area contributed by atoms with Crippen molar-refractivity contribution in [2.75, 3.05) is 19.8 Å². The summed E-state index contributed by atoms with van der Waals surface area (Å²) in [7, 11) is 0. The molecule has 3 nitrogen and oxygen atoms in total. The van der Waals surface area contributed by atoms with Gasteiger partial charge >= 0.3 is 0 Å². The highest BCUT2D eigenvalue weighted by molar-refractivity contribution is 6.42. The number of hydrogen-bond donors (Lipinski definition) is 1. The van der Waals surface area contributed by atoms with Crippen molar-refractivity contribution in [2.45, 2.75) is 13.0 Å². The molecule has 0 saturated heterocycles. The Hall–Kier alpha value is -1.86. The Labute approximate surface area is 151 Å². The minimum Gasteiger partial charge on any atom is -0.486 e. The Balaban J connectivity index is 1.61. The second kappa shape index (κ2) is 7.81. The minimum atomic E-state index is 0.143. The van der Waals surface area contributed by atoms with Crippen LogP contribution in [0.5, 0.6) is 11.5 Å². The zero-order valence-electron chi connectivity index (χ0n) is 13.2. The lowest BCUT2D eigenvalue weighted by Crippen LogP contribution is -2.20. The van der Waals surface area contributed by atoms with Crippen LogP contribution in [0.1, 0.15) is 24.1 Å². The van der Waals surface area contributed by atoms with E-state index in [1.807, 2.05) is 30.3 Å². The maximum atomic E-state index is 6.12. The van der Waals surface area contributed by atoms with Gasteiger partial charge in [0.05, 0.1) is 16.6 Å². The van der Waals surface area contributed by atoms with Crippen molar-refractivity contribution in [3.05, 3.63) is 57.6 Å². The molecule has 1 aliphatic rings.